The molecular weight excluding hydrogens is 367 g/mol. The van der Waals surface area contributed by atoms with Gasteiger partial charge in [0, 0.05) is 16.4 Å². The summed E-state index contributed by atoms with van der Waals surface area (Å²) in [4.78, 5) is 16.6. The van der Waals surface area contributed by atoms with Crippen LogP contribution in [0.3, 0.4) is 0 Å². The summed E-state index contributed by atoms with van der Waals surface area (Å²) in [5, 5.41) is 3.33. The van der Waals surface area contributed by atoms with Gasteiger partial charge in [0.15, 0.2) is 5.70 Å². The van der Waals surface area contributed by atoms with Crippen molar-refractivity contribution in [1.82, 2.24) is 5.32 Å². The molecule has 6 heteroatoms. The van der Waals surface area contributed by atoms with Crippen LogP contribution in [0.1, 0.15) is 52.5 Å². The number of allylic oxidation sites excluding steroid dienone is 3. The second-order valence-electron chi connectivity index (χ2n) is 7.73. The molecule has 4 nitrogen and oxygen atoms in total. The van der Waals surface area contributed by atoms with Gasteiger partial charge < -0.3 is 10.1 Å². The third-order valence-corrected chi connectivity index (χ3v) is 4.54. The molecule has 1 aromatic rings. The number of dihydropyridines is 1. The zero-order chi connectivity index (χ0) is 20.4. The number of ether oxygens (including phenoxy) is 1. The molecule has 0 fully saturated rings. The summed E-state index contributed by atoms with van der Waals surface area (Å²) in [5.74, 6) is -1.66. The van der Waals surface area contributed by atoms with Crippen molar-refractivity contribution in [2.75, 3.05) is 6.61 Å². The third kappa shape index (κ3) is 4.70. The number of nitrogens with zero attached hydrogens (tertiary/aromatic N) is 1. The molecule has 27 heavy (non-hydrogen) atoms. The van der Waals surface area contributed by atoms with Crippen LogP contribution in [0.15, 0.2) is 40.9 Å². The van der Waals surface area contributed by atoms with Crippen LogP contribution in [0, 0.1) is 17.8 Å². The molecule has 1 aliphatic rings. The van der Waals surface area contributed by atoms with Crippen LogP contribution in [-0.4, -0.2) is 12.6 Å². The van der Waals surface area contributed by atoms with E-state index in [-0.39, 0.29) is 17.0 Å². The van der Waals surface area contributed by atoms with Gasteiger partial charge in [-0.2, -0.15) is 0 Å². The summed E-state index contributed by atoms with van der Waals surface area (Å²) >= 11 is 6.28. The van der Waals surface area contributed by atoms with Gasteiger partial charge in [-0.15, -0.1) is 0 Å². The van der Waals surface area contributed by atoms with Crippen LogP contribution < -0.4 is 5.32 Å². The molecule has 0 saturated carbocycles. The average molecular weight is 391 g/mol. The highest BCUT2D eigenvalue weighted by Gasteiger charge is 2.37. The summed E-state index contributed by atoms with van der Waals surface area (Å²) in [5.41, 5.74) is 2.36. The molecule has 1 unspecified atom stereocenters. The minimum absolute atomic E-state index is 0.174. The maximum Gasteiger partial charge on any atom is 0.335 e. The molecule has 0 saturated heterocycles. The Hall–Kier alpha value is -2.32. The third-order valence-electron chi connectivity index (χ3n) is 4.21. The Bertz CT molecular complexity index is 860. The molecule has 1 aromatic carbocycles. The van der Waals surface area contributed by atoms with Crippen LogP contribution in [0.2, 0.25) is 5.02 Å². The van der Waals surface area contributed by atoms with Gasteiger partial charge in [0.2, 0.25) is 0 Å². The lowest BCUT2D eigenvalue weighted by Gasteiger charge is -2.30. The Morgan fingerprint density at radius 2 is 2.07 bits per heavy atom. The SMILES string of the molecule is [C-]#[N+]C1=C(C)NC(CC)=C(C(=O)OCC(C)(C)C)C1c1ccc(F)cc1Cl. The van der Waals surface area contributed by atoms with E-state index in [9.17, 15) is 9.18 Å². The van der Waals surface area contributed by atoms with Crippen molar-refractivity contribution in [3.05, 3.63) is 68.7 Å². The molecule has 1 atom stereocenters. The minimum atomic E-state index is -0.695. The lowest BCUT2D eigenvalue weighted by molar-refractivity contribution is -0.142. The Labute approximate surface area is 164 Å². The Kier molecular flexibility index (Phi) is 6.33. The van der Waals surface area contributed by atoms with Crippen molar-refractivity contribution in [2.45, 2.75) is 47.0 Å². The molecule has 0 amide bonds. The second kappa shape index (κ2) is 8.14. The fourth-order valence-corrected chi connectivity index (χ4v) is 3.23. The van der Waals surface area contributed by atoms with E-state index >= 15 is 0 Å². The minimum Gasteiger partial charge on any atom is -0.462 e. The molecule has 0 aromatic heterocycles. The van der Waals surface area contributed by atoms with Crippen molar-refractivity contribution < 1.29 is 13.9 Å². The number of benzene rings is 1. The Morgan fingerprint density at radius 1 is 1.41 bits per heavy atom. The summed E-state index contributed by atoms with van der Waals surface area (Å²) in [6, 6.07) is 4.00. The summed E-state index contributed by atoms with van der Waals surface area (Å²) in [6.07, 6.45) is 0.553. The number of carbonyl (C=O) groups excluding carboxylic acids is 1. The van der Waals surface area contributed by atoms with Gasteiger partial charge in [0.25, 0.3) is 0 Å². The average Bonchev–Trinajstić information content (AvgIpc) is 2.58. The highest BCUT2D eigenvalue weighted by atomic mass is 35.5. The summed E-state index contributed by atoms with van der Waals surface area (Å²) in [7, 11) is 0. The van der Waals surface area contributed by atoms with Crippen LogP contribution in [0.5, 0.6) is 0 Å². The predicted octanol–water partition coefficient (Wildman–Crippen LogP) is 5.57. The maximum absolute atomic E-state index is 13.5. The van der Waals surface area contributed by atoms with Gasteiger partial charge >= 0.3 is 5.97 Å². The Balaban J connectivity index is 2.60. The van der Waals surface area contributed by atoms with Crippen LogP contribution in [0.25, 0.3) is 4.85 Å². The first-order valence-electron chi connectivity index (χ1n) is 8.79. The number of nitrogens with one attached hydrogen (secondary N) is 1. The molecule has 1 N–H and O–H groups in total. The van der Waals surface area contributed by atoms with Crippen LogP contribution in [0.4, 0.5) is 4.39 Å². The van der Waals surface area contributed by atoms with Crippen molar-refractivity contribution in [1.29, 1.82) is 0 Å². The van der Waals surface area contributed by atoms with Gasteiger partial charge in [-0.25, -0.2) is 14.0 Å². The highest BCUT2D eigenvalue weighted by Crippen LogP contribution is 2.42. The van der Waals surface area contributed by atoms with Gasteiger partial charge in [0.1, 0.15) is 5.82 Å². The number of halogens is 2. The van der Waals surface area contributed by atoms with E-state index in [0.717, 1.165) is 0 Å². The topological polar surface area (TPSA) is 42.7 Å². The van der Waals surface area contributed by atoms with Gasteiger partial charge in [-0.1, -0.05) is 45.4 Å². The molecule has 0 radical (unpaired) electrons. The molecule has 0 bridgehead atoms. The van der Waals surface area contributed by atoms with E-state index in [2.05, 4.69) is 10.2 Å². The summed E-state index contributed by atoms with van der Waals surface area (Å²) < 4.78 is 19.1. The summed E-state index contributed by atoms with van der Waals surface area (Å²) in [6.45, 7) is 17.5. The molecule has 0 aliphatic carbocycles. The van der Waals surface area contributed by atoms with Crippen LogP contribution >= 0.6 is 11.6 Å². The highest BCUT2D eigenvalue weighted by molar-refractivity contribution is 6.31. The van der Waals surface area contributed by atoms with Crippen molar-refractivity contribution >= 4 is 17.6 Å². The quantitative estimate of drug-likeness (QED) is 0.539. The number of carbonyl (C=O) groups is 1. The number of esters is 1. The van der Waals surface area contributed by atoms with E-state index in [0.29, 0.717) is 34.6 Å². The predicted molar refractivity (Wildman–Crippen MR) is 104 cm³/mol. The fourth-order valence-electron chi connectivity index (χ4n) is 2.95. The number of hydrogen-bond donors (Lipinski definition) is 1. The first-order valence-corrected chi connectivity index (χ1v) is 9.17. The van der Waals surface area contributed by atoms with E-state index in [1.165, 1.54) is 18.2 Å². The standard InChI is InChI=1S/C21H24ClFN2O2/c1-7-16-18(20(26)27-11-21(3,4)5)17(19(24-6)12(2)25-16)14-9-8-13(23)10-15(14)22/h8-10,17,25H,7,11H2,1-5H3. The van der Waals surface area contributed by atoms with Crippen LogP contribution in [-0.2, 0) is 9.53 Å². The van der Waals surface area contributed by atoms with Crippen molar-refractivity contribution in [2.24, 2.45) is 5.41 Å². The fraction of sp³-hybridized carbons (Fsp3) is 0.429. The van der Waals surface area contributed by atoms with E-state index in [1.54, 1.807) is 6.92 Å². The molecule has 2 rings (SSSR count). The normalized spacial score (nSPS) is 17.5. The van der Waals surface area contributed by atoms with E-state index < -0.39 is 17.7 Å². The zero-order valence-electron chi connectivity index (χ0n) is 16.2. The smallest absolute Gasteiger partial charge is 0.335 e. The first-order chi connectivity index (χ1) is 12.6. The van der Waals surface area contributed by atoms with Gasteiger partial charge in [0.05, 0.1) is 24.7 Å². The second-order valence-corrected chi connectivity index (χ2v) is 8.14. The monoisotopic (exact) mass is 390 g/mol. The van der Waals surface area contributed by atoms with Gasteiger partial charge in [-0.05, 0) is 36.5 Å². The Morgan fingerprint density at radius 3 is 2.59 bits per heavy atom. The van der Waals surface area contributed by atoms with E-state index in [1.807, 2.05) is 27.7 Å². The lowest BCUT2D eigenvalue weighted by Crippen LogP contribution is -2.30. The van der Waals surface area contributed by atoms with Gasteiger partial charge in [-0.3, -0.25) is 0 Å². The molecule has 1 aliphatic heterocycles. The van der Waals surface area contributed by atoms with E-state index in [4.69, 9.17) is 22.9 Å². The first kappa shape index (κ1) is 21.0. The molecule has 1 heterocycles. The molecule has 0 spiro atoms. The number of hydrogen-bond acceptors (Lipinski definition) is 3. The largest absolute Gasteiger partial charge is 0.462 e. The lowest BCUT2D eigenvalue weighted by atomic mass is 9.83. The maximum atomic E-state index is 13.5. The zero-order valence-corrected chi connectivity index (χ0v) is 17.0. The van der Waals surface area contributed by atoms with Crippen molar-refractivity contribution in [3.63, 3.8) is 0 Å². The van der Waals surface area contributed by atoms with Crippen molar-refractivity contribution in [3.8, 4) is 0 Å². The molecular formula is C21H24ClFN2O2. The molecule has 144 valence electrons. The number of rotatable bonds is 4.